The quantitative estimate of drug-likeness (QED) is 0.854. The maximum Gasteiger partial charge on any atom is 0.0651 e. The highest BCUT2D eigenvalue weighted by molar-refractivity contribution is 5.81. The summed E-state index contributed by atoms with van der Waals surface area (Å²) in [4.78, 5) is 0. The van der Waals surface area contributed by atoms with Gasteiger partial charge in [-0.05, 0) is 49.3 Å². The molecule has 2 atom stereocenters. The van der Waals surface area contributed by atoms with Gasteiger partial charge in [-0.15, -0.1) is 0 Å². The summed E-state index contributed by atoms with van der Waals surface area (Å²) in [6.07, 6.45) is 8.67. The second-order valence-electron chi connectivity index (χ2n) is 6.68. The summed E-state index contributed by atoms with van der Waals surface area (Å²) < 4.78 is 0. The largest absolute Gasteiger partial charge is 0.382 e. The van der Waals surface area contributed by atoms with Gasteiger partial charge < -0.3 is 5.32 Å². The van der Waals surface area contributed by atoms with E-state index in [2.05, 4.69) is 47.6 Å². The summed E-state index contributed by atoms with van der Waals surface area (Å²) in [5, 5.41) is 12.0. The number of hydrogen-bond donors (Lipinski definition) is 2. The van der Waals surface area contributed by atoms with Crippen molar-refractivity contribution in [3.05, 3.63) is 24.4 Å². The molecule has 2 aromatic rings. The number of benzene rings is 1. The fraction of sp³-hybridized carbons (Fsp3) is 0.588. The highest BCUT2D eigenvalue weighted by Gasteiger charge is 2.22. The van der Waals surface area contributed by atoms with Crippen LogP contribution in [0.1, 0.15) is 46.0 Å². The summed E-state index contributed by atoms with van der Waals surface area (Å²) >= 11 is 0. The minimum absolute atomic E-state index is 0.636. The number of aromatic amines is 1. The Morgan fingerprint density at radius 1 is 1.35 bits per heavy atom. The van der Waals surface area contributed by atoms with Crippen molar-refractivity contribution in [1.29, 1.82) is 0 Å². The van der Waals surface area contributed by atoms with E-state index < -0.39 is 0 Å². The van der Waals surface area contributed by atoms with E-state index in [1.807, 2.05) is 6.20 Å². The van der Waals surface area contributed by atoms with Crippen LogP contribution in [0.4, 0.5) is 5.69 Å². The number of nitrogens with zero attached hydrogens (tertiary/aromatic N) is 1. The number of rotatable bonds is 4. The lowest BCUT2D eigenvalue weighted by molar-refractivity contribution is 0.289. The Morgan fingerprint density at radius 2 is 2.25 bits per heavy atom. The number of hydrogen-bond acceptors (Lipinski definition) is 2. The van der Waals surface area contributed by atoms with Crippen LogP contribution in [-0.4, -0.2) is 16.2 Å². The molecule has 20 heavy (non-hydrogen) atoms. The maximum atomic E-state index is 4.08. The molecule has 1 aromatic carbocycles. The summed E-state index contributed by atoms with van der Waals surface area (Å²) in [5.41, 5.74) is 2.34. The molecule has 3 rings (SSSR count). The van der Waals surface area contributed by atoms with Gasteiger partial charge in [-0.25, -0.2) is 0 Å². The molecule has 3 nitrogen and oxygen atoms in total. The van der Waals surface area contributed by atoms with Crippen LogP contribution in [0.5, 0.6) is 0 Å². The first-order chi connectivity index (χ1) is 9.70. The molecule has 0 bridgehead atoms. The summed E-state index contributed by atoms with van der Waals surface area (Å²) in [5.74, 6) is 1.72. The molecule has 1 heterocycles. The van der Waals surface area contributed by atoms with Crippen LogP contribution in [0, 0.1) is 11.8 Å². The number of nitrogens with one attached hydrogen (secondary N) is 2. The second-order valence-corrected chi connectivity index (χ2v) is 6.68. The zero-order valence-corrected chi connectivity index (χ0v) is 12.5. The molecule has 2 N–H and O–H groups in total. The van der Waals surface area contributed by atoms with Crippen molar-refractivity contribution in [2.75, 3.05) is 5.32 Å². The highest BCUT2D eigenvalue weighted by Crippen LogP contribution is 2.31. The van der Waals surface area contributed by atoms with Gasteiger partial charge in [0.15, 0.2) is 0 Å². The minimum atomic E-state index is 0.636. The molecular weight excluding hydrogens is 246 g/mol. The minimum Gasteiger partial charge on any atom is -0.382 e. The lowest BCUT2D eigenvalue weighted by Gasteiger charge is -2.31. The van der Waals surface area contributed by atoms with Crippen LogP contribution in [0.15, 0.2) is 24.4 Å². The molecule has 0 radical (unpaired) electrons. The third-order valence-electron chi connectivity index (χ3n) is 4.40. The Labute approximate surface area is 121 Å². The van der Waals surface area contributed by atoms with Gasteiger partial charge in [-0.2, -0.15) is 5.10 Å². The monoisotopic (exact) mass is 271 g/mol. The van der Waals surface area contributed by atoms with Crippen LogP contribution in [0.2, 0.25) is 0 Å². The van der Waals surface area contributed by atoms with Crippen molar-refractivity contribution >= 4 is 16.6 Å². The van der Waals surface area contributed by atoms with Gasteiger partial charge in [0, 0.05) is 17.1 Å². The molecule has 1 aliphatic rings. The van der Waals surface area contributed by atoms with Gasteiger partial charge >= 0.3 is 0 Å². The van der Waals surface area contributed by atoms with Gasteiger partial charge in [0.05, 0.1) is 11.7 Å². The van der Waals surface area contributed by atoms with E-state index in [-0.39, 0.29) is 0 Å². The molecule has 0 aliphatic heterocycles. The average molecular weight is 271 g/mol. The van der Waals surface area contributed by atoms with Gasteiger partial charge in [0.1, 0.15) is 0 Å². The standard InChI is InChI=1S/C17H25N3/c1-12(2)8-13-4-3-5-15(9-13)19-16-6-7-17-14(10-16)11-18-20-17/h6-7,10-13,15,19H,3-5,8-9H2,1-2H3,(H,18,20). The molecule has 108 valence electrons. The van der Waals surface area contributed by atoms with E-state index in [0.29, 0.717) is 6.04 Å². The van der Waals surface area contributed by atoms with Crippen molar-refractivity contribution in [1.82, 2.24) is 10.2 Å². The van der Waals surface area contributed by atoms with Crippen LogP contribution in [0.25, 0.3) is 10.9 Å². The van der Waals surface area contributed by atoms with Crippen LogP contribution in [-0.2, 0) is 0 Å². The molecular formula is C17H25N3. The number of aromatic nitrogens is 2. The van der Waals surface area contributed by atoms with E-state index >= 15 is 0 Å². The molecule has 1 aliphatic carbocycles. The summed E-state index contributed by atoms with van der Waals surface area (Å²) in [6, 6.07) is 7.10. The van der Waals surface area contributed by atoms with E-state index in [1.165, 1.54) is 43.2 Å². The van der Waals surface area contributed by atoms with Crippen LogP contribution >= 0.6 is 0 Å². The average Bonchev–Trinajstić information content (AvgIpc) is 2.85. The van der Waals surface area contributed by atoms with Gasteiger partial charge in [0.25, 0.3) is 0 Å². The Hall–Kier alpha value is -1.51. The van der Waals surface area contributed by atoms with E-state index in [4.69, 9.17) is 0 Å². The highest BCUT2D eigenvalue weighted by atomic mass is 15.1. The van der Waals surface area contributed by atoms with Crippen LogP contribution < -0.4 is 5.32 Å². The van der Waals surface area contributed by atoms with Gasteiger partial charge in [-0.1, -0.05) is 26.7 Å². The fourth-order valence-electron chi connectivity index (χ4n) is 3.57. The SMILES string of the molecule is CC(C)CC1CCCC(Nc2ccc3[nH]ncc3c2)C1. The molecule has 2 unspecified atom stereocenters. The Balaban J connectivity index is 1.64. The van der Waals surface area contributed by atoms with E-state index in [9.17, 15) is 0 Å². The maximum absolute atomic E-state index is 4.08. The third kappa shape index (κ3) is 3.14. The predicted molar refractivity (Wildman–Crippen MR) is 84.9 cm³/mol. The van der Waals surface area contributed by atoms with Crippen LogP contribution in [0.3, 0.4) is 0 Å². The topological polar surface area (TPSA) is 40.7 Å². The van der Waals surface area contributed by atoms with Crippen molar-refractivity contribution in [2.24, 2.45) is 11.8 Å². The predicted octanol–water partition coefficient (Wildman–Crippen LogP) is 4.58. The molecule has 1 saturated carbocycles. The molecule has 0 saturated heterocycles. The summed E-state index contributed by atoms with van der Waals surface area (Å²) in [7, 11) is 0. The molecule has 1 aromatic heterocycles. The Kier molecular flexibility index (Phi) is 3.95. The second kappa shape index (κ2) is 5.86. The Morgan fingerprint density at radius 3 is 3.10 bits per heavy atom. The normalized spacial score (nSPS) is 23.4. The fourth-order valence-corrected chi connectivity index (χ4v) is 3.57. The number of H-pyrrole nitrogens is 1. The van der Waals surface area contributed by atoms with Gasteiger partial charge in [-0.3, -0.25) is 5.10 Å². The number of anilines is 1. The first kappa shape index (κ1) is 13.5. The molecule has 3 heteroatoms. The zero-order valence-electron chi connectivity index (χ0n) is 12.5. The van der Waals surface area contributed by atoms with Crippen molar-refractivity contribution in [3.63, 3.8) is 0 Å². The van der Waals surface area contributed by atoms with Gasteiger partial charge in [0.2, 0.25) is 0 Å². The first-order valence-corrected chi connectivity index (χ1v) is 7.90. The molecule has 1 fully saturated rings. The van der Waals surface area contributed by atoms with Crippen molar-refractivity contribution in [3.8, 4) is 0 Å². The van der Waals surface area contributed by atoms with Crippen molar-refractivity contribution in [2.45, 2.75) is 52.0 Å². The molecule has 0 amide bonds. The smallest absolute Gasteiger partial charge is 0.0651 e. The van der Waals surface area contributed by atoms with E-state index in [0.717, 1.165) is 17.4 Å². The first-order valence-electron chi connectivity index (χ1n) is 7.90. The van der Waals surface area contributed by atoms with Crippen molar-refractivity contribution < 1.29 is 0 Å². The zero-order chi connectivity index (χ0) is 13.9. The molecule has 0 spiro atoms. The third-order valence-corrected chi connectivity index (χ3v) is 4.40. The lowest BCUT2D eigenvalue weighted by Crippen LogP contribution is -2.27. The lowest BCUT2D eigenvalue weighted by atomic mass is 9.81. The number of fused-ring (bicyclic) bond motifs is 1. The van der Waals surface area contributed by atoms with E-state index in [1.54, 1.807) is 0 Å². The summed E-state index contributed by atoms with van der Waals surface area (Å²) in [6.45, 7) is 4.67. The Bertz CT molecular complexity index is 558.